The van der Waals surface area contributed by atoms with Crippen LogP contribution in [0.1, 0.15) is 16.7 Å². The van der Waals surface area contributed by atoms with Crippen LogP contribution >= 0.6 is 0 Å². The summed E-state index contributed by atoms with van der Waals surface area (Å²) >= 11 is 0. The van der Waals surface area contributed by atoms with Gasteiger partial charge in [-0.15, -0.1) is 0 Å². The molecular formula is C12H17NO. The van der Waals surface area contributed by atoms with Gasteiger partial charge in [0.05, 0.1) is 12.7 Å². The van der Waals surface area contributed by atoms with Gasteiger partial charge in [0, 0.05) is 13.1 Å². The molecule has 2 heteroatoms. The third-order valence-electron chi connectivity index (χ3n) is 2.51. The van der Waals surface area contributed by atoms with Gasteiger partial charge in [0.25, 0.3) is 0 Å². The summed E-state index contributed by atoms with van der Waals surface area (Å²) < 4.78 is 5.71. The van der Waals surface area contributed by atoms with Crippen LogP contribution in [-0.4, -0.2) is 19.2 Å². The lowest BCUT2D eigenvalue weighted by atomic mass is 10.1. The summed E-state index contributed by atoms with van der Waals surface area (Å²) in [5, 5.41) is 3.20. The van der Waals surface area contributed by atoms with Gasteiger partial charge in [-0.25, -0.2) is 0 Å². The standard InChI is InChI=1S/C12H17NO/c1-9-3-10(2)5-11(4-9)8-14-12-6-13-7-12/h3-5,12-13H,6-8H2,1-2H3. The van der Waals surface area contributed by atoms with Gasteiger partial charge < -0.3 is 10.1 Å². The van der Waals surface area contributed by atoms with E-state index in [9.17, 15) is 0 Å². The zero-order valence-electron chi connectivity index (χ0n) is 8.84. The summed E-state index contributed by atoms with van der Waals surface area (Å²) in [5.41, 5.74) is 3.92. The van der Waals surface area contributed by atoms with Crippen LogP contribution in [0.5, 0.6) is 0 Å². The number of rotatable bonds is 3. The lowest BCUT2D eigenvalue weighted by Crippen LogP contribution is -2.48. The molecule has 0 saturated carbocycles. The molecule has 1 aliphatic rings. The summed E-state index contributed by atoms with van der Waals surface area (Å²) in [7, 11) is 0. The minimum absolute atomic E-state index is 0.427. The number of aryl methyl sites for hydroxylation is 2. The number of benzene rings is 1. The highest BCUT2D eigenvalue weighted by molar-refractivity contribution is 5.28. The Balaban J connectivity index is 1.94. The van der Waals surface area contributed by atoms with Gasteiger partial charge in [-0.3, -0.25) is 0 Å². The highest BCUT2D eigenvalue weighted by Gasteiger charge is 2.16. The van der Waals surface area contributed by atoms with Gasteiger partial charge in [-0.1, -0.05) is 29.3 Å². The Morgan fingerprint density at radius 2 is 1.86 bits per heavy atom. The molecule has 2 nitrogen and oxygen atoms in total. The molecule has 1 aromatic carbocycles. The summed E-state index contributed by atoms with van der Waals surface area (Å²) in [6, 6.07) is 6.58. The van der Waals surface area contributed by atoms with E-state index in [4.69, 9.17) is 4.74 Å². The largest absolute Gasteiger partial charge is 0.371 e. The SMILES string of the molecule is Cc1cc(C)cc(COC2CNC2)c1. The Morgan fingerprint density at radius 3 is 2.36 bits per heavy atom. The van der Waals surface area contributed by atoms with Crippen LogP contribution in [0.2, 0.25) is 0 Å². The molecule has 0 spiro atoms. The highest BCUT2D eigenvalue weighted by atomic mass is 16.5. The molecule has 0 aliphatic carbocycles. The lowest BCUT2D eigenvalue weighted by molar-refractivity contribution is 0.00755. The van der Waals surface area contributed by atoms with E-state index in [2.05, 4.69) is 37.4 Å². The van der Waals surface area contributed by atoms with Gasteiger partial charge in [-0.2, -0.15) is 0 Å². The number of nitrogens with one attached hydrogen (secondary N) is 1. The number of hydrogen-bond acceptors (Lipinski definition) is 2. The van der Waals surface area contributed by atoms with E-state index in [1.807, 2.05) is 0 Å². The molecule has 1 aromatic rings. The van der Waals surface area contributed by atoms with E-state index in [1.54, 1.807) is 0 Å². The van der Waals surface area contributed by atoms with Crippen molar-refractivity contribution in [1.29, 1.82) is 0 Å². The zero-order valence-corrected chi connectivity index (χ0v) is 8.84. The first-order valence-corrected chi connectivity index (χ1v) is 5.13. The van der Waals surface area contributed by atoms with Crippen molar-refractivity contribution < 1.29 is 4.74 Å². The van der Waals surface area contributed by atoms with Crippen LogP contribution in [0.25, 0.3) is 0 Å². The van der Waals surface area contributed by atoms with Crippen molar-refractivity contribution in [2.75, 3.05) is 13.1 Å². The van der Waals surface area contributed by atoms with Gasteiger partial charge in [0.1, 0.15) is 0 Å². The predicted octanol–water partition coefficient (Wildman–Crippen LogP) is 1.79. The van der Waals surface area contributed by atoms with Crippen molar-refractivity contribution in [1.82, 2.24) is 5.32 Å². The second kappa shape index (κ2) is 4.11. The average Bonchev–Trinajstić information content (AvgIpc) is 1.99. The van der Waals surface area contributed by atoms with Crippen molar-refractivity contribution in [2.45, 2.75) is 26.6 Å². The molecule has 0 unspecified atom stereocenters. The maximum absolute atomic E-state index is 5.71. The van der Waals surface area contributed by atoms with Gasteiger partial charge in [-0.05, 0) is 19.4 Å². The Bertz CT molecular complexity index is 298. The van der Waals surface area contributed by atoms with E-state index in [-0.39, 0.29) is 0 Å². The molecule has 1 aliphatic heterocycles. The molecule has 1 saturated heterocycles. The van der Waals surface area contributed by atoms with Crippen molar-refractivity contribution >= 4 is 0 Å². The molecule has 76 valence electrons. The van der Waals surface area contributed by atoms with Crippen LogP contribution in [0.3, 0.4) is 0 Å². The van der Waals surface area contributed by atoms with Gasteiger partial charge >= 0.3 is 0 Å². The minimum Gasteiger partial charge on any atom is -0.371 e. The fraction of sp³-hybridized carbons (Fsp3) is 0.500. The third-order valence-corrected chi connectivity index (χ3v) is 2.51. The van der Waals surface area contributed by atoms with Crippen molar-refractivity contribution in [3.63, 3.8) is 0 Å². The van der Waals surface area contributed by atoms with Gasteiger partial charge in [0.15, 0.2) is 0 Å². The fourth-order valence-electron chi connectivity index (χ4n) is 1.75. The van der Waals surface area contributed by atoms with Crippen LogP contribution in [-0.2, 0) is 11.3 Å². The van der Waals surface area contributed by atoms with Crippen molar-refractivity contribution in [3.8, 4) is 0 Å². The Hall–Kier alpha value is -0.860. The summed E-state index contributed by atoms with van der Waals surface area (Å²) in [6.07, 6.45) is 0.427. The van der Waals surface area contributed by atoms with Crippen LogP contribution in [0.15, 0.2) is 18.2 Å². The number of hydrogen-bond donors (Lipinski definition) is 1. The molecule has 0 aromatic heterocycles. The molecule has 0 bridgehead atoms. The van der Waals surface area contributed by atoms with E-state index in [0.717, 1.165) is 19.7 Å². The minimum atomic E-state index is 0.427. The normalized spacial score (nSPS) is 16.7. The number of ether oxygens (including phenoxy) is 1. The Kier molecular flexibility index (Phi) is 2.85. The quantitative estimate of drug-likeness (QED) is 0.786. The molecule has 1 fully saturated rings. The zero-order chi connectivity index (χ0) is 9.97. The Morgan fingerprint density at radius 1 is 1.21 bits per heavy atom. The average molecular weight is 191 g/mol. The van der Waals surface area contributed by atoms with Gasteiger partial charge in [0.2, 0.25) is 0 Å². The molecule has 0 radical (unpaired) electrons. The fourth-order valence-corrected chi connectivity index (χ4v) is 1.75. The van der Waals surface area contributed by atoms with Crippen LogP contribution in [0, 0.1) is 13.8 Å². The van der Waals surface area contributed by atoms with E-state index >= 15 is 0 Å². The molecule has 2 rings (SSSR count). The summed E-state index contributed by atoms with van der Waals surface area (Å²) in [4.78, 5) is 0. The predicted molar refractivity (Wildman–Crippen MR) is 57.4 cm³/mol. The maximum atomic E-state index is 5.71. The molecule has 0 amide bonds. The van der Waals surface area contributed by atoms with E-state index in [1.165, 1.54) is 16.7 Å². The molecule has 0 atom stereocenters. The second-order valence-corrected chi connectivity index (χ2v) is 4.09. The van der Waals surface area contributed by atoms with Crippen LogP contribution in [0.4, 0.5) is 0 Å². The summed E-state index contributed by atoms with van der Waals surface area (Å²) in [6.45, 7) is 7.01. The second-order valence-electron chi connectivity index (χ2n) is 4.09. The molecule has 1 heterocycles. The monoisotopic (exact) mass is 191 g/mol. The molecule has 14 heavy (non-hydrogen) atoms. The summed E-state index contributed by atoms with van der Waals surface area (Å²) in [5.74, 6) is 0. The van der Waals surface area contributed by atoms with Crippen LogP contribution < -0.4 is 5.32 Å². The third kappa shape index (κ3) is 2.34. The topological polar surface area (TPSA) is 21.3 Å². The first kappa shape index (κ1) is 9.69. The lowest BCUT2D eigenvalue weighted by Gasteiger charge is -2.27. The van der Waals surface area contributed by atoms with E-state index in [0.29, 0.717) is 6.10 Å². The smallest absolute Gasteiger partial charge is 0.0828 e. The van der Waals surface area contributed by atoms with Crippen molar-refractivity contribution in [2.24, 2.45) is 0 Å². The Labute approximate surface area is 85.3 Å². The molecular weight excluding hydrogens is 174 g/mol. The first-order valence-electron chi connectivity index (χ1n) is 5.13. The highest BCUT2D eigenvalue weighted by Crippen LogP contribution is 2.11. The maximum Gasteiger partial charge on any atom is 0.0828 e. The first-order chi connectivity index (χ1) is 6.74. The van der Waals surface area contributed by atoms with Crippen molar-refractivity contribution in [3.05, 3.63) is 34.9 Å². The van der Waals surface area contributed by atoms with E-state index < -0.39 is 0 Å². The molecule has 1 N–H and O–H groups in total.